The van der Waals surface area contributed by atoms with E-state index in [2.05, 4.69) is 0 Å². The summed E-state index contributed by atoms with van der Waals surface area (Å²) in [5.74, 6) is 0. The van der Waals surface area contributed by atoms with Crippen molar-refractivity contribution in [1.82, 2.24) is 4.57 Å². The molecule has 1 N–H and O–H groups in total. The van der Waals surface area contributed by atoms with Crippen molar-refractivity contribution in [2.75, 3.05) is 0 Å². The van der Waals surface area contributed by atoms with Gasteiger partial charge >= 0.3 is 0 Å². The Morgan fingerprint density at radius 3 is 2.68 bits per heavy atom. The van der Waals surface area contributed by atoms with Crippen LogP contribution in [0.2, 0.25) is 0 Å². The Kier molecular flexibility index (Phi) is 3.25. The van der Waals surface area contributed by atoms with Gasteiger partial charge in [0.1, 0.15) is 0 Å². The van der Waals surface area contributed by atoms with Gasteiger partial charge in [-0.3, -0.25) is 4.79 Å². The SMILES string of the molecule is Cc1cccc(=O)n1C1CC(O)CCC12CCCC2. The molecular weight excluding hydrogens is 238 g/mol. The quantitative estimate of drug-likeness (QED) is 0.844. The van der Waals surface area contributed by atoms with Crippen LogP contribution < -0.4 is 5.56 Å². The van der Waals surface area contributed by atoms with Gasteiger partial charge in [-0.1, -0.05) is 18.9 Å². The molecule has 2 aliphatic carbocycles. The zero-order valence-electron chi connectivity index (χ0n) is 11.6. The molecule has 2 saturated carbocycles. The van der Waals surface area contributed by atoms with Gasteiger partial charge in [-0.05, 0) is 50.5 Å². The maximum absolute atomic E-state index is 12.3. The Morgan fingerprint density at radius 2 is 2.00 bits per heavy atom. The summed E-state index contributed by atoms with van der Waals surface area (Å²) >= 11 is 0. The molecule has 0 amide bonds. The standard InChI is InChI=1S/C16H23NO2/c1-12-5-4-6-15(19)17(12)14-11-13(18)7-10-16(14)8-2-3-9-16/h4-6,13-14,18H,2-3,7-11H2,1H3. The lowest BCUT2D eigenvalue weighted by molar-refractivity contribution is 0.0153. The number of pyridine rings is 1. The highest BCUT2D eigenvalue weighted by atomic mass is 16.3. The van der Waals surface area contributed by atoms with Crippen LogP contribution in [-0.4, -0.2) is 15.8 Å². The van der Waals surface area contributed by atoms with Crippen molar-refractivity contribution in [2.24, 2.45) is 5.41 Å². The minimum atomic E-state index is -0.247. The first-order valence-corrected chi connectivity index (χ1v) is 7.49. The molecule has 2 aliphatic rings. The maximum Gasteiger partial charge on any atom is 0.250 e. The normalized spacial score (nSPS) is 29.8. The van der Waals surface area contributed by atoms with Crippen LogP contribution in [0.5, 0.6) is 0 Å². The maximum atomic E-state index is 12.3. The van der Waals surface area contributed by atoms with Crippen LogP contribution in [0.4, 0.5) is 0 Å². The van der Waals surface area contributed by atoms with Crippen molar-refractivity contribution in [3.63, 3.8) is 0 Å². The van der Waals surface area contributed by atoms with Gasteiger partial charge in [0.25, 0.3) is 5.56 Å². The lowest BCUT2D eigenvalue weighted by Gasteiger charge is -2.44. The number of aryl methyl sites for hydroxylation is 1. The second-order valence-electron chi connectivity index (χ2n) is 6.39. The Bertz CT molecular complexity index is 514. The highest BCUT2D eigenvalue weighted by Crippen LogP contribution is 2.54. The summed E-state index contributed by atoms with van der Waals surface area (Å²) in [6, 6.07) is 5.67. The monoisotopic (exact) mass is 261 g/mol. The molecule has 0 saturated heterocycles. The van der Waals surface area contributed by atoms with Gasteiger partial charge in [-0.15, -0.1) is 0 Å². The van der Waals surface area contributed by atoms with Gasteiger partial charge in [-0.25, -0.2) is 0 Å². The van der Waals surface area contributed by atoms with Crippen LogP contribution >= 0.6 is 0 Å². The van der Waals surface area contributed by atoms with Crippen LogP contribution in [-0.2, 0) is 0 Å². The average Bonchev–Trinajstić information content (AvgIpc) is 2.83. The van der Waals surface area contributed by atoms with Crippen LogP contribution in [0.3, 0.4) is 0 Å². The zero-order chi connectivity index (χ0) is 13.5. The van der Waals surface area contributed by atoms with Crippen molar-refractivity contribution < 1.29 is 5.11 Å². The lowest BCUT2D eigenvalue weighted by Crippen LogP contribution is -2.42. The van der Waals surface area contributed by atoms with Gasteiger partial charge in [0.15, 0.2) is 0 Å². The third-order valence-corrected chi connectivity index (χ3v) is 5.28. The Labute approximate surface area is 114 Å². The van der Waals surface area contributed by atoms with Gasteiger partial charge in [0, 0.05) is 17.8 Å². The van der Waals surface area contributed by atoms with Crippen molar-refractivity contribution in [1.29, 1.82) is 0 Å². The van der Waals surface area contributed by atoms with Crippen molar-refractivity contribution in [3.8, 4) is 0 Å². The van der Waals surface area contributed by atoms with Crippen molar-refractivity contribution >= 4 is 0 Å². The molecule has 2 fully saturated rings. The van der Waals surface area contributed by atoms with Crippen molar-refractivity contribution in [3.05, 3.63) is 34.2 Å². The van der Waals surface area contributed by atoms with Crippen LogP contribution in [0.1, 0.15) is 56.7 Å². The molecule has 1 aromatic rings. The van der Waals surface area contributed by atoms with E-state index in [1.165, 1.54) is 25.7 Å². The van der Waals surface area contributed by atoms with E-state index in [9.17, 15) is 9.90 Å². The fraction of sp³-hybridized carbons (Fsp3) is 0.688. The molecule has 104 valence electrons. The smallest absolute Gasteiger partial charge is 0.250 e. The van der Waals surface area contributed by atoms with Gasteiger partial charge in [-0.2, -0.15) is 0 Å². The molecule has 2 unspecified atom stereocenters. The molecule has 1 heterocycles. The van der Waals surface area contributed by atoms with Gasteiger partial charge in [0.2, 0.25) is 0 Å². The molecule has 0 aliphatic heterocycles. The summed E-state index contributed by atoms with van der Waals surface area (Å²) < 4.78 is 1.95. The molecule has 1 aromatic heterocycles. The average molecular weight is 261 g/mol. The van der Waals surface area contributed by atoms with Crippen LogP contribution in [0, 0.1) is 12.3 Å². The zero-order valence-corrected chi connectivity index (χ0v) is 11.6. The number of rotatable bonds is 1. The predicted octanol–water partition coefficient (Wildman–Crippen LogP) is 2.80. The molecule has 0 aromatic carbocycles. The number of aliphatic hydroxyl groups excluding tert-OH is 1. The fourth-order valence-corrected chi connectivity index (χ4v) is 4.29. The van der Waals surface area contributed by atoms with E-state index in [0.717, 1.165) is 25.0 Å². The first kappa shape index (κ1) is 12.9. The predicted molar refractivity (Wildman–Crippen MR) is 75.2 cm³/mol. The van der Waals surface area contributed by atoms with E-state index in [1.54, 1.807) is 6.07 Å². The van der Waals surface area contributed by atoms with Crippen LogP contribution in [0.25, 0.3) is 0 Å². The lowest BCUT2D eigenvalue weighted by atomic mass is 9.68. The number of hydrogen-bond acceptors (Lipinski definition) is 2. The van der Waals surface area contributed by atoms with E-state index in [1.807, 2.05) is 23.6 Å². The molecular formula is C16H23NO2. The third-order valence-electron chi connectivity index (χ3n) is 5.28. The number of aliphatic hydroxyl groups is 1. The van der Waals surface area contributed by atoms with Crippen LogP contribution in [0.15, 0.2) is 23.0 Å². The first-order chi connectivity index (χ1) is 9.12. The minimum absolute atomic E-state index is 0.0883. The summed E-state index contributed by atoms with van der Waals surface area (Å²) in [6.07, 6.45) is 7.43. The minimum Gasteiger partial charge on any atom is -0.393 e. The molecule has 3 nitrogen and oxygen atoms in total. The molecule has 2 atom stereocenters. The van der Waals surface area contributed by atoms with Gasteiger partial charge < -0.3 is 9.67 Å². The van der Waals surface area contributed by atoms with E-state index < -0.39 is 0 Å². The second kappa shape index (κ2) is 4.78. The topological polar surface area (TPSA) is 42.2 Å². The first-order valence-electron chi connectivity index (χ1n) is 7.49. The Balaban J connectivity index is 2.06. The molecule has 0 bridgehead atoms. The molecule has 1 spiro atoms. The molecule has 3 heteroatoms. The number of nitrogens with zero attached hydrogens (tertiary/aromatic N) is 1. The highest BCUT2D eigenvalue weighted by molar-refractivity contribution is 5.10. The summed E-state index contributed by atoms with van der Waals surface area (Å²) in [5, 5.41) is 10.1. The largest absolute Gasteiger partial charge is 0.393 e. The highest BCUT2D eigenvalue weighted by Gasteiger charge is 2.46. The summed E-state index contributed by atoms with van der Waals surface area (Å²) in [4.78, 5) is 12.3. The van der Waals surface area contributed by atoms with E-state index >= 15 is 0 Å². The van der Waals surface area contributed by atoms with Crippen molar-refractivity contribution in [2.45, 2.75) is 64.0 Å². The third kappa shape index (κ3) is 2.14. The number of hydrogen-bond donors (Lipinski definition) is 1. The summed E-state index contributed by atoms with van der Waals surface area (Å²) in [5.41, 5.74) is 1.37. The van der Waals surface area contributed by atoms with E-state index in [4.69, 9.17) is 0 Å². The number of aromatic nitrogens is 1. The summed E-state index contributed by atoms with van der Waals surface area (Å²) in [7, 11) is 0. The summed E-state index contributed by atoms with van der Waals surface area (Å²) in [6.45, 7) is 2.00. The fourth-order valence-electron chi connectivity index (χ4n) is 4.29. The molecule has 3 rings (SSSR count). The van der Waals surface area contributed by atoms with Gasteiger partial charge in [0.05, 0.1) is 6.10 Å². The molecule has 19 heavy (non-hydrogen) atoms. The Morgan fingerprint density at radius 1 is 1.26 bits per heavy atom. The van der Waals surface area contributed by atoms with E-state index in [0.29, 0.717) is 0 Å². The molecule has 0 radical (unpaired) electrons. The second-order valence-corrected chi connectivity index (χ2v) is 6.39. The van der Waals surface area contributed by atoms with E-state index in [-0.39, 0.29) is 23.1 Å². The Hall–Kier alpha value is -1.09.